The summed E-state index contributed by atoms with van der Waals surface area (Å²) in [6, 6.07) is 4.90. The van der Waals surface area contributed by atoms with E-state index in [4.69, 9.17) is 4.74 Å². The van der Waals surface area contributed by atoms with Gasteiger partial charge in [-0.25, -0.2) is 0 Å². The number of fused-ring (bicyclic) bond motifs is 1. The summed E-state index contributed by atoms with van der Waals surface area (Å²) in [7, 11) is 0. The van der Waals surface area contributed by atoms with Crippen molar-refractivity contribution in [1.82, 2.24) is 5.32 Å². The second-order valence-corrected chi connectivity index (χ2v) is 6.31. The molecule has 1 aromatic rings. The van der Waals surface area contributed by atoms with Gasteiger partial charge < -0.3 is 10.1 Å². The van der Waals surface area contributed by atoms with Gasteiger partial charge in [0.1, 0.15) is 5.75 Å². The third-order valence-electron chi connectivity index (χ3n) is 4.20. The van der Waals surface area contributed by atoms with Gasteiger partial charge in [0.05, 0.1) is 6.61 Å². The Morgan fingerprint density at radius 2 is 2.05 bits per heavy atom. The van der Waals surface area contributed by atoms with Gasteiger partial charge in [-0.3, -0.25) is 0 Å². The molecule has 3 heteroatoms. The van der Waals surface area contributed by atoms with Gasteiger partial charge in [-0.2, -0.15) is 0 Å². The average Bonchev–Trinajstić information content (AvgIpc) is 2.85. The minimum atomic E-state index is 0.547. The van der Waals surface area contributed by atoms with Crippen molar-refractivity contribution in [2.24, 2.45) is 5.92 Å². The number of rotatable bonds is 6. The molecule has 106 valence electrons. The van der Waals surface area contributed by atoms with Gasteiger partial charge in [-0.1, -0.05) is 42.6 Å². The summed E-state index contributed by atoms with van der Waals surface area (Å²) in [5.74, 6) is 1.86. The van der Waals surface area contributed by atoms with Gasteiger partial charge in [-0.15, -0.1) is 0 Å². The molecule has 0 radical (unpaired) electrons. The Kier molecular flexibility index (Phi) is 5.28. The molecule has 1 aliphatic rings. The average molecular weight is 326 g/mol. The maximum atomic E-state index is 5.77. The Bertz CT molecular complexity index is 429. The van der Waals surface area contributed by atoms with E-state index in [9.17, 15) is 0 Å². The van der Waals surface area contributed by atoms with E-state index in [0.29, 0.717) is 6.04 Å². The van der Waals surface area contributed by atoms with Crippen LogP contribution in [-0.2, 0) is 13.0 Å². The first kappa shape index (κ1) is 14.9. The normalized spacial score (nSPS) is 15.4. The van der Waals surface area contributed by atoms with Gasteiger partial charge in [-0.05, 0) is 30.5 Å². The lowest BCUT2D eigenvalue weighted by Gasteiger charge is -2.23. The van der Waals surface area contributed by atoms with Crippen LogP contribution in [-0.4, -0.2) is 12.6 Å². The van der Waals surface area contributed by atoms with Gasteiger partial charge in [0.25, 0.3) is 0 Å². The number of hydrogen-bond donors (Lipinski definition) is 1. The van der Waals surface area contributed by atoms with Crippen LogP contribution in [0.2, 0.25) is 0 Å². The minimum absolute atomic E-state index is 0.547. The van der Waals surface area contributed by atoms with E-state index in [-0.39, 0.29) is 0 Å². The predicted molar refractivity (Wildman–Crippen MR) is 83.7 cm³/mol. The number of ether oxygens (including phenoxy) is 1. The Labute approximate surface area is 125 Å². The maximum absolute atomic E-state index is 5.77. The fourth-order valence-corrected chi connectivity index (χ4v) is 3.46. The fraction of sp³-hybridized carbons (Fsp3) is 0.625. The molecule has 0 aliphatic carbocycles. The van der Waals surface area contributed by atoms with Gasteiger partial charge in [0.2, 0.25) is 0 Å². The molecule has 0 fully saturated rings. The summed E-state index contributed by atoms with van der Waals surface area (Å²) in [6.45, 7) is 8.54. The quantitative estimate of drug-likeness (QED) is 0.842. The topological polar surface area (TPSA) is 21.3 Å². The number of hydrogen-bond acceptors (Lipinski definition) is 2. The smallest absolute Gasteiger partial charge is 0.127 e. The Morgan fingerprint density at radius 1 is 1.32 bits per heavy atom. The van der Waals surface area contributed by atoms with Crippen LogP contribution in [0.1, 0.15) is 44.7 Å². The summed E-state index contributed by atoms with van der Waals surface area (Å²) in [5.41, 5.74) is 2.61. The standard InChI is InChI=1S/C16H24BrNO/c1-4-12(5-2)11(3)18-10-14-9-15(17)8-13-6-7-19-16(13)14/h8-9,11-12,18H,4-7,10H2,1-3H3. The van der Waals surface area contributed by atoms with E-state index in [1.54, 1.807) is 0 Å². The molecule has 1 N–H and O–H groups in total. The summed E-state index contributed by atoms with van der Waals surface area (Å²) in [4.78, 5) is 0. The Hall–Kier alpha value is -0.540. The largest absolute Gasteiger partial charge is 0.493 e. The molecule has 1 atom stereocenters. The second-order valence-electron chi connectivity index (χ2n) is 5.40. The van der Waals surface area contributed by atoms with Crippen LogP contribution in [0.15, 0.2) is 16.6 Å². The molecular formula is C16H24BrNO. The molecule has 1 unspecified atom stereocenters. The number of benzene rings is 1. The highest BCUT2D eigenvalue weighted by Crippen LogP contribution is 2.33. The number of nitrogens with one attached hydrogen (secondary N) is 1. The molecule has 1 aliphatic heterocycles. The Balaban J connectivity index is 2.04. The Morgan fingerprint density at radius 3 is 2.74 bits per heavy atom. The van der Waals surface area contributed by atoms with Crippen molar-refractivity contribution in [1.29, 1.82) is 0 Å². The van der Waals surface area contributed by atoms with Crippen LogP contribution in [0.5, 0.6) is 5.75 Å². The van der Waals surface area contributed by atoms with Crippen molar-refractivity contribution >= 4 is 15.9 Å². The van der Waals surface area contributed by atoms with Gasteiger partial charge in [0.15, 0.2) is 0 Å². The van der Waals surface area contributed by atoms with Crippen molar-refractivity contribution in [3.05, 3.63) is 27.7 Å². The third kappa shape index (κ3) is 3.51. The zero-order chi connectivity index (χ0) is 13.8. The molecule has 0 spiro atoms. The highest BCUT2D eigenvalue weighted by molar-refractivity contribution is 9.10. The minimum Gasteiger partial charge on any atom is -0.493 e. The summed E-state index contributed by atoms with van der Waals surface area (Å²) < 4.78 is 6.93. The molecule has 0 amide bonds. The SMILES string of the molecule is CCC(CC)C(C)NCc1cc(Br)cc2c1OCC2. The van der Waals surface area contributed by atoms with E-state index < -0.39 is 0 Å². The van der Waals surface area contributed by atoms with E-state index >= 15 is 0 Å². The molecule has 0 aromatic heterocycles. The second kappa shape index (κ2) is 6.76. The highest BCUT2D eigenvalue weighted by Gasteiger charge is 2.19. The lowest BCUT2D eigenvalue weighted by atomic mass is 9.95. The van der Waals surface area contributed by atoms with Crippen LogP contribution in [0.4, 0.5) is 0 Å². The summed E-state index contributed by atoms with van der Waals surface area (Å²) in [5, 5.41) is 3.66. The number of halogens is 1. The molecule has 2 rings (SSSR count). The third-order valence-corrected chi connectivity index (χ3v) is 4.65. The van der Waals surface area contributed by atoms with Crippen molar-refractivity contribution in [3.63, 3.8) is 0 Å². The molecule has 2 nitrogen and oxygen atoms in total. The van der Waals surface area contributed by atoms with Crippen molar-refractivity contribution in [2.75, 3.05) is 6.61 Å². The van der Waals surface area contributed by atoms with Crippen molar-refractivity contribution in [3.8, 4) is 5.75 Å². The van der Waals surface area contributed by atoms with Crippen LogP contribution >= 0.6 is 15.9 Å². The van der Waals surface area contributed by atoms with E-state index in [1.807, 2.05) is 0 Å². The first-order valence-electron chi connectivity index (χ1n) is 7.33. The predicted octanol–water partition coefficient (Wildman–Crippen LogP) is 4.30. The van der Waals surface area contributed by atoms with Crippen LogP contribution in [0.3, 0.4) is 0 Å². The van der Waals surface area contributed by atoms with Gasteiger partial charge >= 0.3 is 0 Å². The van der Waals surface area contributed by atoms with Crippen LogP contribution < -0.4 is 10.1 Å². The van der Waals surface area contributed by atoms with E-state index in [2.05, 4.69) is 54.2 Å². The van der Waals surface area contributed by atoms with E-state index in [1.165, 1.54) is 24.0 Å². The zero-order valence-corrected chi connectivity index (χ0v) is 13.7. The highest BCUT2D eigenvalue weighted by atomic mass is 79.9. The molecular weight excluding hydrogens is 302 g/mol. The molecule has 1 heterocycles. The molecule has 19 heavy (non-hydrogen) atoms. The molecule has 0 bridgehead atoms. The zero-order valence-electron chi connectivity index (χ0n) is 12.1. The van der Waals surface area contributed by atoms with Crippen LogP contribution in [0, 0.1) is 5.92 Å². The molecule has 0 saturated carbocycles. The van der Waals surface area contributed by atoms with Crippen molar-refractivity contribution < 1.29 is 4.74 Å². The fourth-order valence-electron chi connectivity index (χ4n) is 2.91. The summed E-state index contributed by atoms with van der Waals surface area (Å²) >= 11 is 3.60. The maximum Gasteiger partial charge on any atom is 0.127 e. The van der Waals surface area contributed by atoms with Crippen LogP contribution in [0.25, 0.3) is 0 Å². The molecule has 1 aromatic carbocycles. The first-order chi connectivity index (χ1) is 9.15. The summed E-state index contributed by atoms with van der Waals surface area (Å²) in [6.07, 6.45) is 3.50. The first-order valence-corrected chi connectivity index (χ1v) is 8.12. The lowest BCUT2D eigenvalue weighted by Crippen LogP contribution is -2.32. The van der Waals surface area contributed by atoms with Gasteiger partial charge in [0, 0.05) is 29.0 Å². The lowest BCUT2D eigenvalue weighted by molar-refractivity contribution is 0.338. The van der Waals surface area contributed by atoms with Crippen molar-refractivity contribution in [2.45, 2.75) is 52.6 Å². The monoisotopic (exact) mass is 325 g/mol. The molecule has 0 saturated heterocycles. The van der Waals surface area contributed by atoms with E-state index in [0.717, 1.165) is 35.7 Å².